The lowest BCUT2D eigenvalue weighted by atomic mass is 10.2. The van der Waals surface area contributed by atoms with Crippen LogP contribution in [0.25, 0.3) is 11.6 Å². The van der Waals surface area contributed by atoms with Crippen LogP contribution in [0.15, 0.2) is 39.9 Å². The van der Waals surface area contributed by atoms with Gasteiger partial charge in [-0.15, -0.1) is 11.3 Å². The van der Waals surface area contributed by atoms with Gasteiger partial charge in [0.15, 0.2) is 11.7 Å². The highest BCUT2D eigenvalue weighted by molar-refractivity contribution is 7.11. The fraction of sp³-hybridized carbons (Fsp3) is 0.389. The number of thiophene rings is 1. The Kier molecular flexibility index (Phi) is 6.06. The summed E-state index contributed by atoms with van der Waals surface area (Å²) in [4.78, 5) is 11.4. The summed E-state index contributed by atoms with van der Waals surface area (Å²) in [6.45, 7) is 5.00. The summed E-state index contributed by atoms with van der Waals surface area (Å²) in [7, 11) is 1.78. The number of nitrogens with one attached hydrogen (secondary N) is 3. The zero-order valence-electron chi connectivity index (χ0n) is 15.2. The molecular weight excluding hydrogens is 348 g/mol. The number of guanidine groups is 1. The van der Waals surface area contributed by atoms with Crippen LogP contribution in [0.3, 0.4) is 0 Å². The number of H-pyrrole nitrogens is 1. The summed E-state index contributed by atoms with van der Waals surface area (Å²) in [6, 6.07) is 8.31. The molecule has 0 saturated heterocycles. The molecule has 0 radical (unpaired) electrons. The van der Waals surface area contributed by atoms with Crippen LogP contribution in [-0.2, 0) is 12.8 Å². The molecule has 1 unspecified atom stereocenters. The lowest BCUT2D eigenvalue weighted by Crippen LogP contribution is -2.43. The van der Waals surface area contributed by atoms with Crippen LogP contribution < -0.4 is 10.6 Å². The average Bonchev–Trinajstić information content (AvgIpc) is 3.35. The minimum atomic E-state index is 0.301. The molecule has 3 heterocycles. The molecular formula is C18H24N6OS. The molecule has 7 nitrogen and oxygen atoms in total. The summed E-state index contributed by atoms with van der Waals surface area (Å²) in [5.41, 5.74) is 0. The largest absolute Gasteiger partial charge is 0.461 e. The lowest BCUT2D eigenvalue weighted by Gasteiger charge is -2.17. The quantitative estimate of drug-likeness (QED) is 0.438. The van der Waals surface area contributed by atoms with Crippen LogP contribution in [0, 0.1) is 6.92 Å². The minimum absolute atomic E-state index is 0.301. The zero-order valence-corrected chi connectivity index (χ0v) is 16.1. The number of hydrogen-bond acceptors (Lipinski definition) is 5. The average molecular weight is 372 g/mol. The van der Waals surface area contributed by atoms with Gasteiger partial charge in [0.1, 0.15) is 5.82 Å². The first kappa shape index (κ1) is 18.2. The van der Waals surface area contributed by atoms with Crippen molar-refractivity contribution >= 4 is 17.3 Å². The second-order valence-corrected chi connectivity index (χ2v) is 7.47. The van der Waals surface area contributed by atoms with Gasteiger partial charge in [0, 0.05) is 42.2 Å². The number of rotatable bonds is 7. The van der Waals surface area contributed by atoms with Gasteiger partial charge in [0.2, 0.25) is 5.82 Å². The number of aliphatic imine (C=N–C) groups is 1. The van der Waals surface area contributed by atoms with E-state index in [4.69, 9.17) is 4.42 Å². The van der Waals surface area contributed by atoms with Crippen LogP contribution in [-0.4, -0.2) is 40.8 Å². The van der Waals surface area contributed by atoms with E-state index in [2.05, 4.69) is 56.8 Å². The van der Waals surface area contributed by atoms with Gasteiger partial charge in [-0.3, -0.25) is 10.1 Å². The van der Waals surface area contributed by atoms with Crippen molar-refractivity contribution < 1.29 is 4.42 Å². The third-order valence-corrected chi connectivity index (χ3v) is 4.86. The molecule has 0 saturated carbocycles. The molecule has 0 fully saturated rings. The summed E-state index contributed by atoms with van der Waals surface area (Å²) in [5, 5.41) is 13.9. The first-order valence-corrected chi connectivity index (χ1v) is 9.43. The molecule has 0 amide bonds. The van der Waals surface area contributed by atoms with Gasteiger partial charge in [-0.05, 0) is 38.1 Å². The van der Waals surface area contributed by atoms with Gasteiger partial charge in [-0.1, -0.05) is 0 Å². The molecule has 3 aromatic heterocycles. The van der Waals surface area contributed by atoms with Crippen molar-refractivity contribution in [1.29, 1.82) is 0 Å². The fourth-order valence-electron chi connectivity index (χ4n) is 2.60. The first-order chi connectivity index (χ1) is 12.6. The third kappa shape index (κ3) is 4.95. The summed E-state index contributed by atoms with van der Waals surface area (Å²) in [6.07, 6.45) is 3.31. The first-order valence-electron chi connectivity index (χ1n) is 8.61. The van der Waals surface area contributed by atoms with Gasteiger partial charge in [0.05, 0.1) is 6.26 Å². The number of aromatic nitrogens is 3. The highest BCUT2D eigenvalue weighted by Gasteiger charge is 2.10. The molecule has 3 rings (SSSR count). The predicted octanol–water partition coefficient (Wildman–Crippen LogP) is 2.77. The monoisotopic (exact) mass is 372 g/mol. The Morgan fingerprint density at radius 1 is 1.38 bits per heavy atom. The van der Waals surface area contributed by atoms with E-state index in [-0.39, 0.29) is 0 Å². The molecule has 0 aliphatic carbocycles. The molecule has 0 bridgehead atoms. The second-order valence-electron chi connectivity index (χ2n) is 6.09. The zero-order chi connectivity index (χ0) is 18.4. The summed E-state index contributed by atoms with van der Waals surface area (Å²) in [5.74, 6) is 2.83. The number of aromatic amines is 1. The van der Waals surface area contributed by atoms with Gasteiger partial charge >= 0.3 is 0 Å². The smallest absolute Gasteiger partial charge is 0.216 e. The molecule has 8 heteroatoms. The summed E-state index contributed by atoms with van der Waals surface area (Å²) >= 11 is 1.84. The second kappa shape index (κ2) is 8.66. The van der Waals surface area contributed by atoms with E-state index in [0.717, 1.165) is 18.2 Å². The molecule has 0 aromatic carbocycles. The van der Waals surface area contributed by atoms with Crippen LogP contribution >= 0.6 is 11.3 Å². The van der Waals surface area contributed by atoms with Crippen molar-refractivity contribution in [1.82, 2.24) is 25.8 Å². The van der Waals surface area contributed by atoms with E-state index in [9.17, 15) is 0 Å². The highest BCUT2D eigenvalue weighted by Crippen LogP contribution is 2.16. The molecule has 0 aliphatic heterocycles. The van der Waals surface area contributed by atoms with E-state index in [1.165, 1.54) is 9.75 Å². The van der Waals surface area contributed by atoms with Crippen molar-refractivity contribution in [3.8, 4) is 11.6 Å². The minimum Gasteiger partial charge on any atom is -0.461 e. The standard InChI is InChI=1S/C18H24N6OS/c1-12(11-14-7-6-13(2)26-14)21-18(19-3)20-9-8-16-22-17(24-23-16)15-5-4-10-25-15/h4-7,10,12H,8-9,11H2,1-3H3,(H2,19,20,21)(H,22,23,24). The van der Waals surface area contributed by atoms with E-state index in [0.29, 0.717) is 30.6 Å². The maximum absolute atomic E-state index is 5.30. The van der Waals surface area contributed by atoms with Crippen LogP contribution in [0.5, 0.6) is 0 Å². The normalized spacial score (nSPS) is 13.0. The van der Waals surface area contributed by atoms with Crippen molar-refractivity contribution in [2.75, 3.05) is 13.6 Å². The van der Waals surface area contributed by atoms with Gasteiger partial charge in [0.25, 0.3) is 0 Å². The van der Waals surface area contributed by atoms with E-state index >= 15 is 0 Å². The highest BCUT2D eigenvalue weighted by atomic mass is 32.1. The Hall–Kier alpha value is -2.61. The Bertz CT molecular complexity index is 836. The van der Waals surface area contributed by atoms with Crippen molar-refractivity contribution in [3.63, 3.8) is 0 Å². The lowest BCUT2D eigenvalue weighted by molar-refractivity contribution is 0.577. The van der Waals surface area contributed by atoms with Crippen molar-refractivity contribution in [2.45, 2.75) is 32.7 Å². The maximum Gasteiger partial charge on any atom is 0.216 e. The van der Waals surface area contributed by atoms with Gasteiger partial charge in [-0.2, -0.15) is 5.10 Å². The van der Waals surface area contributed by atoms with E-state index < -0.39 is 0 Å². The number of furan rings is 1. The Balaban J connectivity index is 1.44. The van der Waals surface area contributed by atoms with Gasteiger partial charge in [-0.25, -0.2) is 4.98 Å². The number of nitrogens with zero attached hydrogens (tertiary/aromatic N) is 3. The van der Waals surface area contributed by atoms with Crippen LogP contribution in [0.2, 0.25) is 0 Å². The van der Waals surface area contributed by atoms with E-state index in [1.54, 1.807) is 13.3 Å². The maximum atomic E-state index is 5.30. The molecule has 1 atom stereocenters. The molecule has 3 aromatic rings. The van der Waals surface area contributed by atoms with E-state index in [1.807, 2.05) is 23.5 Å². The Morgan fingerprint density at radius 3 is 2.96 bits per heavy atom. The molecule has 0 aliphatic rings. The number of hydrogen-bond donors (Lipinski definition) is 3. The van der Waals surface area contributed by atoms with Gasteiger partial charge < -0.3 is 15.1 Å². The topological polar surface area (TPSA) is 91.1 Å². The summed E-state index contributed by atoms with van der Waals surface area (Å²) < 4.78 is 5.30. The predicted molar refractivity (Wildman–Crippen MR) is 105 cm³/mol. The Labute approximate surface area is 157 Å². The molecule has 3 N–H and O–H groups in total. The molecule has 138 valence electrons. The molecule has 26 heavy (non-hydrogen) atoms. The van der Waals surface area contributed by atoms with Crippen molar-refractivity contribution in [3.05, 3.63) is 46.1 Å². The fourth-order valence-corrected chi connectivity index (χ4v) is 3.62. The SMILES string of the molecule is CN=C(NCCc1nc(-c2ccco2)n[nH]1)NC(C)Cc1ccc(C)s1. The molecule has 0 spiro atoms. The Morgan fingerprint density at radius 2 is 2.27 bits per heavy atom. The van der Waals surface area contributed by atoms with Crippen LogP contribution in [0.4, 0.5) is 0 Å². The third-order valence-electron chi connectivity index (χ3n) is 3.84. The van der Waals surface area contributed by atoms with Crippen LogP contribution in [0.1, 0.15) is 22.5 Å². The van der Waals surface area contributed by atoms with Crippen molar-refractivity contribution in [2.24, 2.45) is 4.99 Å². The number of aryl methyl sites for hydroxylation is 1.